The van der Waals surface area contributed by atoms with Crippen LogP contribution in [-0.4, -0.2) is 0 Å². The SMILES string of the molecule is CC(C)c1ccc(=O)[n-]c1.[Re]. The molecular weight excluding hydrogens is 312 g/mol. The van der Waals surface area contributed by atoms with Crippen LogP contribution in [-0.2, 0) is 20.4 Å². The maximum atomic E-state index is 10.5. The largest absolute Gasteiger partial charge is 0.629 e. The molecule has 1 radical (unpaired) electrons. The van der Waals surface area contributed by atoms with Crippen LogP contribution in [0, 0.1) is 0 Å². The summed E-state index contributed by atoms with van der Waals surface area (Å²) in [6.07, 6.45) is 1.63. The Morgan fingerprint density at radius 3 is 2.36 bits per heavy atom. The molecule has 0 aromatic carbocycles. The molecule has 0 aliphatic heterocycles. The summed E-state index contributed by atoms with van der Waals surface area (Å²) in [7, 11) is 0. The summed E-state index contributed by atoms with van der Waals surface area (Å²) >= 11 is 0. The van der Waals surface area contributed by atoms with Crippen molar-refractivity contribution in [2.75, 3.05) is 0 Å². The van der Waals surface area contributed by atoms with Crippen LogP contribution in [0.2, 0.25) is 0 Å². The topological polar surface area (TPSA) is 31.2 Å². The van der Waals surface area contributed by atoms with Crippen molar-refractivity contribution in [1.82, 2.24) is 4.98 Å². The fraction of sp³-hybridized carbons (Fsp3) is 0.375. The third-order valence-electron chi connectivity index (χ3n) is 1.43. The summed E-state index contributed by atoms with van der Waals surface area (Å²) in [4.78, 5) is 14.2. The van der Waals surface area contributed by atoms with E-state index in [2.05, 4.69) is 18.8 Å². The second-order valence-corrected chi connectivity index (χ2v) is 2.58. The maximum absolute atomic E-state index is 10.5. The number of hydrogen-bond acceptors (Lipinski definition) is 1. The number of pyridine rings is 1. The summed E-state index contributed by atoms with van der Waals surface area (Å²) in [5.41, 5.74) is 0.948. The van der Waals surface area contributed by atoms with Crippen LogP contribution in [0.25, 0.3) is 0 Å². The Bertz CT molecular complexity index is 247. The number of hydrogen-bond donors (Lipinski definition) is 0. The molecule has 1 aromatic heterocycles. The first-order chi connectivity index (χ1) is 4.70. The molecule has 0 aliphatic carbocycles. The molecule has 3 heteroatoms. The normalized spacial score (nSPS) is 9.36. The zero-order valence-electron chi connectivity index (χ0n) is 6.54. The van der Waals surface area contributed by atoms with Gasteiger partial charge in [-0.05, 0) is 12.0 Å². The Morgan fingerprint density at radius 1 is 1.36 bits per heavy atom. The molecule has 1 heterocycles. The molecule has 0 bridgehead atoms. The Labute approximate surface area is 79.7 Å². The second kappa shape index (κ2) is 4.48. The molecule has 0 unspecified atom stereocenters. The molecule has 2 nitrogen and oxygen atoms in total. The monoisotopic (exact) mass is 323 g/mol. The van der Waals surface area contributed by atoms with E-state index in [-0.39, 0.29) is 26.0 Å². The van der Waals surface area contributed by atoms with Gasteiger partial charge in [0.2, 0.25) is 0 Å². The van der Waals surface area contributed by atoms with Crippen molar-refractivity contribution in [3.63, 3.8) is 0 Å². The molecule has 11 heavy (non-hydrogen) atoms. The van der Waals surface area contributed by atoms with E-state index in [9.17, 15) is 4.79 Å². The van der Waals surface area contributed by atoms with E-state index < -0.39 is 0 Å². The van der Waals surface area contributed by atoms with Gasteiger partial charge in [-0.1, -0.05) is 25.5 Å². The molecule has 0 aliphatic rings. The quantitative estimate of drug-likeness (QED) is 0.776. The van der Waals surface area contributed by atoms with Gasteiger partial charge in [-0.2, -0.15) is 6.20 Å². The summed E-state index contributed by atoms with van der Waals surface area (Å²) in [6.45, 7) is 4.14. The molecule has 0 spiro atoms. The van der Waals surface area contributed by atoms with Crippen molar-refractivity contribution >= 4 is 0 Å². The number of nitrogens with zero attached hydrogens (tertiary/aromatic N) is 1. The van der Waals surface area contributed by atoms with Crippen LogP contribution in [0.4, 0.5) is 0 Å². The van der Waals surface area contributed by atoms with Crippen molar-refractivity contribution in [1.29, 1.82) is 0 Å². The zero-order valence-corrected chi connectivity index (χ0v) is 9.26. The van der Waals surface area contributed by atoms with Gasteiger partial charge in [0.15, 0.2) is 0 Å². The molecule has 0 amide bonds. The number of rotatable bonds is 1. The first-order valence-corrected chi connectivity index (χ1v) is 3.33. The zero-order chi connectivity index (χ0) is 7.56. The molecule has 61 valence electrons. The van der Waals surface area contributed by atoms with Crippen LogP contribution < -0.4 is 10.5 Å². The van der Waals surface area contributed by atoms with Crippen LogP contribution in [0.15, 0.2) is 23.1 Å². The average Bonchev–Trinajstić information content (AvgIpc) is 1.88. The summed E-state index contributed by atoms with van der Waals surface area (Å²) in [5, 5.41) is 0. The minimum atomic E-state index is -0.163. The fourth-order valence-electron chi connectivity index (χ4n) is 0.733. The smallest absolute Gasteiger partial charge is 0.0775 e. The van der Waals surface area contributed by atoms with Gasteiger partial charge in [0.1, 0.15) is 0 Å². The van der Waals surface area contributed by atoms with Crippen molar-refractivity contribution in [2.24, 2.45) is 0 Å². The molecule has 1 rings (SSSR count). The summed E-state index contributed by atoms with van der Waals surface area (Å²) in [5.74, 6) is 0.452. The molecular formula is C8H10NORe-. The summed E-state index contributed by atoms with van der Waals surface area (Å²) in [6, 6.07) is 3.31. The second-order valence-electron chi connectivity index (χ2n) is 2.58. The fourth-order valence-corrected chi connectivity index (χ4v) is 0.733. The van der Waals surface area contributed by atoms with E-state index in [0.29, 0.717) is 5.92 Å². The Morgan fingerprint density at radius 2 is 2.00 bits per heavy atom. The first kappa shape index (κ1) is 10.6. The molecule has 0 saturated heterocycles. The van der Waals surface area contributed by atoms with Gasteiger partial charge >= 0.3 is 0 Å². The van der Waals surface area contributed by atoms with Crippen LogP contribution in [0.3, 0.4) is 0 Å². The minimum absolute atomic E-state index is 0. The van der Waals surface area contributed by atoms with Crippen LogP contribution in [0.5, 0.6) is 0 Å². The standard InChI is InChI=1S/C8H11NO.Re/c1-6(2)7-3-4-8(10)9-5-7;/h3-6H,1-2H3,(H,9,10);/p-1. The molecule has 0 fully saturated rings. The Balaban J connectivity index is 0.000001000. The molecule has 0 saturated carbocycles. The molecule has 0 atom stereocenters. The molecule has 0 N–H and O–H groups in total. The van der Waals surface area contributed by atoms with E-state index in [4.69, 9.17) is 0 Å². The van der Waals surface area contributed by atoms with E-state index >= 15 is 0 Å². The average molecular weight is 322 g/mol. The van der Waals surface area contributed by atoms with Crippen LogP contribution >= 0.6 is 0 Å². The van der Waals surface area contributed by atoms with Gasteiger partial charge in [0.05, 0.1) is 5.56 Å². The minimum Gasteiger partial charge on any atom is -0.629 e. The predicted octanol–water partition coefficient (Wildman–Crippen LogP) is 1.12. The van der Waals surface area contributed by atoms with E-state index in [1.807, 2.05) is 6.07 Å². The van der Waals surface area contributed by atoms with E-state index in [1.165, 1.54) is 6.07 Å². The third kappa shape index (κ3) is 3.01. The third-order valence-corrected chi connectivity index (χ3v) is 1.43. The van der Waals surface area contributed by atoms with Crippen LogP contribution in [0.1, 0.15) is 25.3 Å². The van der Waals surface area contributed by atoms with E-state index in [1.54, 1.807) is 6.20 Å². The molecule has 1 aromatic rings. The van der Waals surface area contributed by atoms with Gasteiger partial charge in [0, 0.05) is 20.4 Å². The predicted molar refractivity (Wildman–Crippen MR) is 40.1 cm³/mol. The summed E-state index contributed by atoms with van der Waals surface area (Å²) < 4.78 is 0. The maximum Gasteiger partial charge on any atom is 0.0775 e. The Kier molecular flexibility index (Phi) is 4.32. The van der Waals surface area contributed by atoms with Crippen molar-refractivity contribution < 1.29 is 20.4 Å². The van der Waals surface area contributed by atoms with Gasteiger partial charge in [-0.25, -0.2) is 0 Å². The van der Waals surface area contributed by atoms with Gasteiger partial charge in [0.25, 0.3) is 0 Å². The van der Waals surface area contributed by atoms with Crippen molar-refractivity contribution in [2.45, 2.75) is 19.8 Å². The van der Waals surface area contributed by atoms with Gasteiger partial charge < -0.3 is 9.78 Å². The van der Waals surface area contributed by atoms with E-state index in [0.717, 1.165) is 5.56 Å². The van der Waals surface area contributed by atoms with Crippen molar-refractivity contribution in [3.8, 4) is 0 Å². The Hall–Kier alpha value is -0.388. The van der Waals surface area contributed by atoms with Gasteiger partial charge in [-0.15, -0.1) is 0 Å². The van der Waals surface area contributed by atoms with Gasteiger partial charge in [-0.3, -0.25) is 0 Å². The number of aromatic nitrogens is 1. The first-order valence-electron chi connectivity index (χ1n) is 3.33. The van der Waals surface area contributed by atoms with Crippen molar-refractivity contribution in [3.05, 3.63) is 34.2 Å².